The molecular formula is C31H61N2+. The Kier molecular flexibility index (Phi) is 21.1. The molecule has 0 atom stereocenters. The number of nitrogens with zero attached hydrogens (tertiary/aromatic N) is 2. The minimum Gasteiger partial charge on any atom is -0.234 e. The van der Waals surface area contributed by atoms with Crippen molar-refractivity contribution < 1.29 is 4.57 Å². The van der Waals surface area contributed by atoms with E-state index in [1.807, 2.05) is 0 Å². The Morgan fingerprint density at radius 2 is 0.939 bits per heavy atom. The Labute approximate surface area is 208 Å². The van der Waals surface area contributed by atoms with E-state index < -0.39 is 0 Å². The Bertz CT molecular complexity index is 519. The third-order valence-electron chi connectivity index (χ3n) is 7.35. The zero-order valence-corrected chi connectivity index (χ0v) is 23.2. The van der Waals surface area contributed by atoms with Gasteiger partial charge in [0.15, 0.2) is 0 Å². The lowest BCUT2D eigenvalue weighted by atomic mass is 10.0. The summed E-state index contributed by atoms with van der Waals surface area (Å²) in [7, 11) is 0. The Hall–Kier alpha value is -0.790. The molecule has 194 valence electrons. The molecule has 0 unspecified atom stereocenters. The van der Waals surface area contributed by atoms with Crippen LogP contribution >= 0.6 is 0 Å². The smallest absolute Gasteiger partial charge is 0.234 e. The highest BCUT2D eigenvalue weighted by molar-refractivity contribution is 4.84. The van der Waals surface area contributed by atoms with Crippen molar-refractivity contribution in [3.8, 4) is 0 Å². The number of hydrogen-bond acceptors (Lipinski definition) is 0. The molecule has 0 bridgehead atoms. The molecule has 0 saturated carbocycles. The van der Waals surface area contributed by atoms with E-state index in [0.717, 1.165) is 0 Å². The standard InChI is InChI=1S/C31H61N2/c1-4-7-10-12-14-15-16-17-18-19-20-21-23-25-28-33-30-29-32(27-9-6-3)31(33)26-24-22-13-11-8-5-2/h29-30H,4-28H2,1-3H3/q+1. The molecule has 0 fully saturated rings. The van der Waals surface area contributed by atoms with Crippen LogP contribution in [0.1, 0.15) is 168 Å². The Morgan fingerprint density at radius 1 is 0.515 bits per heavy atom. The van der Waals surface area contributed by atoms with Gasteiger partial charge in [-0.3, -0.25) is 0 Å². The zero-order valence-electron chi connectivity index (χ0n) is 23.2. The molecule has 0 N–H and O–H groups in total. The quantitative estimate of drug-likeness (QED) is 0.101. The van der Waals surface area contributed by atoms with Gasteiger partial charge in [-0.15, -0.1) is 0 Å². The SMILES string of the molecule is CCCCCCCCCCCCCCCCn1cc[n+](CCCC)c1CCCCCCCC. The lowest BCUT2D eigenvalue weighted by Gasteiger charge is -2.06. The number of unbranched alkanes of at least 4 members (excludes halogenated alkanes) is 19. The summed E-state index contributed by atoms with van der Waals surface area (Å²) in [6, 6.07) is 0. The second kappa shape index (κ2) is 23.0. The number of aromatic nitrogens is 2. The number of aryl methyl sites for hydroxylation is 2. The summed E-state index contributed by atoms with van der Waals surface area (Å²) < 4.78 is 5.14. The van der Waals surface area contributed by atoms with E-state index in [0.29, 0.717) is 0 Å². The van der Waals surface area contributed by atoms with Gasteiger partial charge in [0, 0.05) is 6.42 Å². The highest BCUT2D eigenvalue weighted by Crippen LogP contribution is 2.14. The first kappa shape index (κ1) is 30.2. The van der Waals surface area contributed by atoms with Gasteiger partial charge in [0.2, 0.25) is 0 Å². The number of imidazole rings is 1. The predicted molar refractivity (Wildman–Crippen MR) is 147 cm³/mol. The number of hydrogen-bond donors (Lipinski definition) is 0. The summed E-state index contributed by atoms with van der Waals surface area (Å²) >= 11 is 0. The summed E-state index contributed by atoms with van der Waals surface area (Å²) in [4.78, 5) is 0. The van der Waals surface area contributed by atoms with Crippen LogP contribution in [0.15, 0.2) is 12.4 Å². The predicted octanol–water partition coefficient (Wildman–Crippen LogP) is 9.96. The number of rotatable bonds is 25. The van der Waals surface area contributed by atoms with Gasteiger partial charge in [0.25, 0.3) is 5.82 Å². The van der Waals surface area contributed by atoms with E-state index in [4.69, 9.17) is 0 Å². The van der Waals surface area contributed by atoms with Gasteiger partial charge in [0.1, 0.15) is 12.4 Å². The fourth-order valence-corrected chi connectivity index (χ4v) is 5.06. The monoisotopic (exact) mass is 461 g/mol. The van der Waals surface area contributed by atoms with Crippen LogP contribution in [-0.2, 0) is 19.5 Å². The molecule has 33 heavy (non-hydrogen) atoms. The van der Waals surface area contributed by atoms with Crippen molar-refractivity contribution in [2.75, 3.05) is 0 Å². The van der Waals surface area contributed by atoms with Gasteiger partial charge in [-0.05, 0) is 25.7 Å². The average molecular weight is 462 g/mol. The maximum absolute atomic E-state index is 2.59. The van der Waals surface area contributed by atoms with E-state index in [-0.39, 0.29) is 0 Å². The maximum Gasteiger partial charge on any atom is 0.256 e. The van der Waals surface area contributed by atoms with Crippen molar-refractivity contribution in [1.82, 2.24) is 4.57 Å². The Balaban J connectivity index is 2.13. The van der Waals surface area contributed by atoms with E-state index in [2.05, 4.69) is 42.3 Å². The molecule has 1 rings (SSSR count). The van der Waals surface area contributed by atoms with Crippen LogP contribution < -0.4 is 4.57 Å². The van der Waals surface area contributed by atoms with E-state index in [9.17, 15) is 0 Å². The summed E-state index contributed by atoms with van der Waals surface area (Å²) in [5, 5.41) is 0. The molecule has 1 heterocycles. The van der Waals surface area contributed by atoms with Gasteiger partial charge >= 0.3 is 0 Å². The molecule has 0 aliphatic carbocycles. The van der Waals surface area contributed by atoms with Gasteiger partial charge in [-0.25, -0.2) is 9.13 Å². The molecule has 1 aromatic heterocycles. The largest absolute Gasteiger partial charge is 0.256 e. The first-order valence-electron chi connectivity index (χ1n) is 15.4. The third kappa shape index (κ3) is 16.5. The minimum atomic E-state index is 1.20. The van der Waals surface area contributed by atoms with E-state index in [1.54, 1.807) is 5.82 Å². The molecule has 0 radical (unpaired) electrons. The molecule has 0 aliphatic heterocycles. The molecule has 0 amide bonds. The van der Waals surface area contributed by atoms with Gasteiger partial charge in [-0.1, -0.05) is 136 Å². The zero-order chi connectivity index (χ0) is 23.8. The van der Waals surface area contributed by atoms with Crippen molar-refractivity contribution in [3.63, 3.8) is 0 Å². The van der Waals surface area contributed by atoms with Crippen LogP contribution in [0.2, 0.25) is 0 Å². The van der Waals surface area contributed by atoms with Gasteiger partial charge < -0.3 is 0 Å². The van der Waals surface area contributed by atoms with E-state index >= 15 is 0 Å². The summed E-state index contributed by atoms with van der Waals surface area (Å²) in [6.07, 6.45) is 37.1. The lowest BCUT2D eigenvalue weighted by molar-refractivity contribution is -0.704. The first-order valence-corrected chi connectivity index (χ1v) is 15.4. The highest BCUT2D eigenvalue weighted by atomic mass is 15.1. The van der Waals surface area contributed by atoms with Crippen LogP contribution in [0.3, 0.4) is 0 Å². The molecule has 0 saturated heterocycles. The highest BCUT2D eigenvalue weighted by Gasteiger charge is 2.16. The van der Waals surface area contributed by atoms with Crippen molar-refractivity contribution in [2.24, 2.45) is 0 Å². The van der Waals surface area contributed by atoms with Crippen molar-refractivity contribution >= 4 is 0 Å². The van der Waals surface area contributed by atoms with Crippen LogP contribution in [0.4, 0.5) is 0 Å². The van der Waals surface area contributed by atoms with E-state index in [1.165, 1.54) is 161 Å². The van der Waals surface area contributed by atoms with Crippen LogP contribution in [0.5, 0.6) is 0 Å². The molecule has 2 heteroatoms. The molecule has 0 spiro atoms. The van der Waals surface area contributed by atoms with Crippen molar-refractivity contribution in [3.05, 3.63) is 18.2 Å². The first-order chi connectivity index (χ1) is 16.3. The second-order valence-corrected chi connectivity index (χ2v) is 10.6. The molecular weight excluding hydrogens is 400 g/mol. The normalized spacial score (nSPS) is 11.5. The average Bonchev–Trinajstić information content (AvgIpc) is 3.21. The molecule has 0 aliphatic rings. The van der Waals surface area contributed by atoms with Gasteiger partial charge in [0.05, 0.1) is 13.1 Å². The van der Waals surface area contributed by atoms with Crippen molar-refractivity contribution in [2.45, 2.75) is 182 Å². The third-order valence-corrected chi connectivity index (χ3v) is 7.35. The van der Waals surface area contributed by atoms with Crippen molar-refractivity contribution in [1.29, 1.82) is 0 Å². The fourth-order valence-electron chi connectivity index (χ4n) is 5.06. The maximum atomic E-state index is 2.59. The van der Waals surface area contributed by atoms with Gasteiger partial charge in [-0.2, -0.15) is 0 Å². The second-order valence-electron chi connectivity index (χ2n) is 10.6. The van der Waals surface area contributed by atoms with Crippen LogP contribution in [-0.4, -0.2) is 4.57 Å². The molecule has 1 aromatic rings. The van der Waals surface area contributed by atoms with Crippen LogP contribution in [0, 0.1) is 0 Å². The summed E-state index contributed by atoms with van der Waals surface area (Å²) in [5.41, 5.74) is 0. The molecule has 2 nitrogen and oxygen atoms in total. The fraction of sp³-hybridized carbons (Fsp3) is 0.903. The minimum absolute atomic E-state index is 1.20. The summed E-state index contributed by atoms with van der Waals surface area (Å²) in [5.74, 6) is 1.59. The molecule has 0 aromatic carbocycles. The Morgan fingerprint density at radius 3 is 1.42 bits per heavy atom. The lowest BCUT2D eigenvalue weighted by Crippen LogP contribution is -2.37. The summed E-state index contributed by atoms with van der Waals surface area (Å²) in [6.45, 7) is 9.34. The van der Waals surface area contributed by atoms with Crippen LogP contribution in [0.25, 0.3) is 0 Å². The topological polar surface area (TPSA) is 8.81 Å².